The number of rotatable bonds is 3. The quantitative estimate of drug-likeness (QED) is 0.499. The second-order valence-corrected chi connectivity index (χ2v) is 3.54. The smallest absolute Gasteiger partial charge is 0.219 e. The van der Waals surface area contributed by atoms with E-state index in [0.29, 0.717) is 5.88 Å². The highest BCUT2D eigenvalue weighted by Gasteiger charge is 2.01. The van der Waals surface area contributed by atoms with Crippen molar-refractivity contribution in [1.29, 1.82) is 0 Å². The Hall–Kier alpha value is -2.36. The largest absolute Gasteiger partial charge is 0.439 e. The van der Waals surface area contributed by atoms with E-state index in [4.69, 9.17) is 9.94 Å². The van der Waals surface area contributed by atoms with E-state index in [1.807, 2.05) is 37.3 Å². The van der Waals surface area contributed by atoms with Crippen molar-refractivity contribution in [3.63, 3.8) is 0 Å². The molecule has 0 radical (unpaired) electrons. The minimum absolute atomic E-state index is 0.517. The van der Waals surface area contributed by atoms with Gasteiger partial charge >= 0.3 is 0 Å². The van der Waals surface area contributed by atoms with Gasteiger partial charge in [-0.05, 0) is 24.6 Å². The predicted octanol–water partition coefficient (Wildman–Crippen LogP) is 2.99. The van der Waals surface area contributed by atoms with Crippen LogP contribution in [-0.2, 0) is 0 Å². The average molecular weight is 228 g/mol. The van der Waals surface area contributed by atoms with Crippen molar-refractivity contribution >= 4 is 6.21 Å². The van der Waals surface area contributed by atoms with Gasteiger partial charge in [-0.1, -0.05) is 23.4 Å². The molecule has 17 heavy (non-hydrogen) atoms. The first-order valence-corrected chi connectivity index (χ1v) is 5.16. The molecule has 0 fully saturated rings. The number of aryl methyl sites for hydroxylation is 1. The Morgan fingerprint density at radius 1 is 1.29 bits per heavy atom. The minimum atomic E-state index is 0.517. The van der Waals surface area contributed by atoms with Crippen molar-refractivity contribution in [2.75, 3.05) is 0 Å². The van der Waals surface area contributed by atoms with E-state index >= 15 is 0 Å². The van der Waals surface area contributed by atoms with E-state index in [2.05, 4.69) is 10.1 Å². The molecule has 1 heterocycles. The molecule has 0 bridgehead atoms. The molecule has 0 atom stereocenters. The summed E-state index contributed by atoms with van der Waals surface area (Å²) < 4.78 is 5.57. The summed E-state index contributed by atoms with van der Waals surface area (Å²) in [6.07, 6.45) is 2.95. The fourth-order valence-electron chi connectivity index (χ4n) is 1.40. The SMILES string of the molecule is Cc1cc(Oc2ccccc2)ncc1/C=N\O. The van der Waals surface area contributed by atoms with Gasteiger partial charge in [-0.3, -0.25) is 0 Å². The van der Waals surface area contributed by atoms with Crippen molar-refractivity contribution in [2.24, 2.45) is 5.16 Å². The van der Waals surface area contributed by atoms with Gasteiger partial charge < -0.3 is 9.94 Å². The van der Waals surface area contributed by atoms with Gasteiger partial charge in [0.2, 0.25) is 5.88 Å². The van der Waals surface area contributed by atoms with E-state index in [9.17, 15) is 0 Å². The zero-order valence-corrected chi connectivity index (χ0v) is 9.37. The molecule has 1 N–H and O–H groups in total. The molecular weight excluding hydrogens is 216 g/mol. The monoisotopic (exact) mass is 228 g/mol. The number of aromatic nitrogens is 1. The molecule has 0 aliphatic rings. The Balaban J connectivity index is 2.21. The number of hydrogen-bond acceptors (Lipinski definition) is 4. The van der Waals surface area contributed by atoms with Gasteiger partial charge in [-0.2, -0.15) is 0 Å². The van der Waals surface area contributed by atoms with Crippen LogP contribution in [0.15, 0.2) is 47.8 Å². The molecule has 86 valence electrons. The number of benzene rings is 1. The molecule has 0 amide bonds. The first-order valence-electron chi connectivity index (χ1n) is 5.16. The molecule has 1 aromatic heterocycles. The molecule has 4 nitrogen and oxygen atoms in total. The highest BCUT2D eigenvalue weighted by Crippen LogP contribution is 2.20. The molecule has 0 unspecified atom stereocenters. The number of hydrogen-bond donors (Lipinski definition) is 1. The highest BCUT2D eigenvalue weighted by atomic mass is 16.5. The van der Waals surface area contributed by atoms with Crippen LogP contribution in [0.3, 0.4) is 0 Å². The summed E-state index contributed by atoms with van der Waals surface area (Å²) >= 11 is 0. The van der Waals surface area contributed by atoms with Crippen molar-refractivity contribution in [1.82, 2.24) is 4.98 Å². The van der Waals surface area contributed by atoms with Gasteiger partial charge in [0.05, 0.1) is 6.21 Å². The summed E-state index contributed by atoms with van der Waals surface area (Å²) in [5.41, 5.74) is 1.69. The van der Waals surface area contributed by atoms with E-state index in [1.54, 1.807) is 12.3 Å². The van der Waals surface area contributed by atoms with Gasteiger partial charge in [0.15, 0.2) is 0 Å². The van der Waals surface area contributed by atoms with Crippen LogP contribution in [-0.4, -0.2) is 16.4 Å². The maximum absolute atomic E-state index is 8.46. The molecule has 0 aliphatic carbocycles. The normalized spacial score (nSPS) is 10.6. The van der Waals surface area contributed by atoms with Crippen molar-refractivity contribution in [2.45, 2.75) is 6.92 Å². The van der Waals surface area contributed by atoms with Crippen LogP contribution >= 0.6 is 0 Å². The van der Waals surface area contributed by atoms with Gasteiger partial charge in [0, 0.05) is 17.8 Å². The second-order valence-electron chi connectivity index (χ2n) is 3.54. The standard InChI is InChI=1S/C13H12N2O2/c1-10-7-13(14-8-11(10)9-15-16)17-12-5-3-2-4-6-12/h2-9,16H,1H3/b15-9-. The molecule has 1 aromatic carbocycles. The summed E-state index contributed by atoms with van der Waals surface area (Å²) in [5, 5.41) is 11.4. The Bertz CT molecular complexity index is 524. The van der Waals surface area contributed by atoms with Gasteiger partial charge in [0.1, 0.15) is 5.75 Å². The molecule has 2 rings (SSSR count). The molecule has 0 saturated heterocycles. The van der Waals surface area contributed by atoms with Gasteiger partial charge in [-0.15, -0.1) is 0 Å². The lowest BCUT2D eigenvalue weighted by molar-refractivity contribution is 0.322. The number of nitrogens with zero attached hydrogens (tertiary/aromatic N) is 2. The number of oxime groups is 1. The summed E-state index contributed by atoms with van der Waals surface area (Å²) in [6.45, 7) is 1.90. The summed E-state index contributed by atoms with van der Waals surface area (Å²) in [7, 11) is 0. The summed E-state index contributed by atoms with van der Waals surface area (Å²) in [6, 6.07) is 11.2. The molecular formula is C13H12N2O2. The fourth-order valence-corrected chi connectivity index (χ4v) is 1.40. The zero-order chi connectivity index (χ0) is 12.1. The van der Waals surface area contributed by atoms with E-state index < -0.39 is 0 Å². The third-order valence-corrected chi connectivity index (χ3v) is 2.29. The van der Waals surface area contributed by atoms with Crippen LogP contribution < -0.4 is 4.74 Å². The van der Waals surface area contributed by atoms with E-state index in [0.717, 1.165) is 16.9 Å². The van der Waals surface area contributed by atoms with Gasteiger partial charge in [-0.25, -0.2) is 4.98 Å². The topological polar surface area (TPSA) is 54.7 Å². The Morgan fingerprint density at radius 2 is 2.06 bits per heavy atom. The van der Waals surface area contributed by atoms with E-state index in [1.165, 1.54) is 6.21 Å². The first kappa shape index (κ1) is 11.1. The predicted molar refractivity (Wildman–Crippen MR) is 64.9 cm³/mol. The van der Waals surface area contributed by atoms with Crippen LogP contribution in [0.5, 0.6) is 11.6 Å². The number of para-hydroxylation sites is 1. The van der Waals surface area contributed by atoms with Crippen LogP contribution in [0, 0.1) is 6.92 Å². The molecule has 2 aromatic rings. The lowest BCUT2D eigenvalue weighted by Gasteiger charge is -2.06. The molecule has 0 aliphatic heterocycles. The van der Waals surface area contributed by atoms with Crippen LogP contribution in [0.4, 0.5) is 0 Å². The maximum Gasteiger partial charge on any atom is 0.219 e. The highest BCUT2D eigenvalue weighted by molar-refractivity contribution is 5.80. The van der Waals surface area contributed by atoms with E-state index in [-0.39, 0.29) is 0 Å². The minimum Gasteiger partial charge on any atom is -0.439 e. The second kappa shape index (κ2) is 5.12. The van der Waals surface area contributed by atoms with Crippen molar-refractivity contribution in [3.05, 3.63) is 53.7 Å². The molecule has 4 heteroatoms. The van der Waals surface area contributed by atoms with Crippen molar-refractivity contribution in [3.8, 4) is 11.6 Å². The molecule has 0 saturated carbocycles. The Morgan fingerprint density at radius 3 is 2.71 bits per heavy atom. The molecule has 0 spiro atoms. The van der Waals surface area contributed by atoms with Crippen molar-refractivity contribution < 1.29 is 9.94 Å². The Kier molecular flexibility index (Phi) is 3.35. The van der Waals surface area contributed by atoms with Crippen LogP contribution in [0.1, 0.15) is 11.1 Å². The average Bonchev–Trinajstić information content (AvgIpc) is 2.34. The third kappa shape index (κ3) is 2.81. The van der Waals surface area contributed by atoms with Crippen LogP contribution in [0.25, 0.3) is 0 Å². The third-order valence-electron chi connectivity index (χ3n) is 2.29. The zero-order valence-electron chi connectivity index (χ0n) is 9.37. The first-order chi connectivity index (χ1) is 8.29. The maximum atomic E-state index is 8.46. The Labute approximate surface area is 99.2 Å². The van der Waals surface area contributed by atoms with Crippen LogP contribution in [0.2, 0.25) is 0 Å². The summed E-state index contributed by atoms with van der Waals surface area (Å²) in [5.74, 6) is 1.26. The number of ether oxygens (including phenoxy) is 1. The number of pyridine rings is 1. The van der Waals surface area contributed by atoms with Gasteiger partial charge in [0.25, 0.3) is 0 Å². The summed E-state index contributed by atoms with van der Waals surface area (Å²) in [4.78, 5) is 4.13. The lowest BCUT2D eigenvalue weighted by Crippen LogP contribution is -1.93. The fraction of sp³-hybridized carbons (Fsp3) is 0.0769. The lowest BCUT2D eigenvalue weighted by atomic mass is 10.2.